The lowest BCUT2D eigenvalue weighted by Gasteiger charge is -2.43. The maximum absolute atomic E-state index is 13.0. The fourth-order valence-electron chi connectivity index (χ4n) is 4.67. The van der Waals surface area contributed by atoms with Gasteiger partial charge in [0.15, 0.2) is 0 Å². The molecule has 0 aliphatic carbocycles. The minimum atomic E-state index is -4.36. The molecule has 3 rings (SSSR count). The van der Waals surface area contributed by atoms with Gasteiger partial charge in [0.05, 0.1) is 18.2 Å². The zero-order valence-electron chi connectivity index (χ0n) is 17.7. The quantitative estimate of drug-likeness (QED) is 0.386. The predicted octanol–water partition coefficient (Wildman–Crippen LogP) is 0.306. The van der Waals surface area contributed by atoms with E-state index in [-0.39, 0.29) is 11.9 Å². The van der Waals surface area contributed by atoms with Crippen LogP contribution in [-0.4, -0.2) is 93.8 Å². The van der Waals surface area contributed by atoms with E-state index >= 15 is 0 Å². The van der Waals surface area contributed by atoms with Gasteiger partial charge in [-0.15, -0.1) is 11.8 Å². The van der Waals surface area contributed by atoms with Gasteiger partial charge in [0.1, 0.15) is 29.9 Å². The first-order valence-corrected chi connectivity index (χ1v) is 13.1. The SMILES string of the molecule is CCC[C@@H]1C[C@@H](C(=O)N[C@@H](C2OC(SC)C(O)C3OP(=O)(O)OC32)[C@@H](C)O)N(C)C1. The van der Waals surface area contributed by atoms with Crippen molar-refractivity contribution in [2.75, 3.05) is 19.8 Å². The van der Waals surface area contributed by atoms with Crippen molar-refractivity contribution >= 4 is 25.5 Å². The lowest BCUT2D eigenvalue weighted by Crippen LogP contribution is -2.65. The van der Waals surface area contributed by atoms with Crippen LogP contribution in [0.2, 0.25) is 0 Å². The summed E-state index contributed by atoms with van der Waals surface area (Å²) in [6.45, 7) is 4.46. The Bertz CT molecular complexity index is 670. The van der Waals surface area contributed by atoms with Gasteiger partial charge in [0, 0.05) is 6.54 Å². The number of phosphoric acid groups is 1. The predicted molar refractivity (Wildman–Crippen MR) is 111 cm³/mol. The fraction of sp³-hybridized carbons (Fsp3) is 0.944. The molecule has 0 spiro atoms. The van der Waals surface area contributed by atoms with Crippen molar-refractivity contribution in [3.63, 3.8) is 0 Å². The van der Waals surface area contributed by atoms with Gasteiger partial charge >= 0.3 is 7.82 Å². The standard InChI is InChI=1S/C18H33N2O8PS/c1-5-6-10-7-11(20(3)8-10)17(23)19-12(9(2)21)14-16-15(27-29(24,25)28-16)13(22)18(26-14)30-4/h9-16,18,21-22H,5-8H2,1-4H3,(H,19,23)(H,24,25)/t9-,10-,11+,12-,13?,14?,15?,16?,18?/m1/s1. The van der Waals surface area contributed by atoms with Crippen molar-refractivity contribution < 1.29 is 38.3 Å². The number of carbonyl (C=O) groups excluding carboxylic acids is 1. The number of amides is 1. The highest BCUT2D eigenvalue weighted by molar-refractivity contribution is 7.99. The molecular formula is C18H33N2O8PS. The average Bonchev–Trinajstić information content (AvgIpc) is 3.19. The normalized spacial score (nSPS) is 43.9. The van der Waals surface area contributed by atoms with Crippen LogP contribution < -0.4 is 5.32 Å². The van der Waals surface area contributed by atoms with Crippen LogP contribution in [0.15, 0.2) is 0 Å². The first-order valence-electron chi connectivity index (χ1n) is 10.3. The van der Waals surface area contributed by atoms with Gasteiger partial charge in [-0.2, -0.15) is 0 Å². The van der Waals surface area contributed by atoms with Gasteiger partial charge in [0.2, 0.25) is 5.91 Å². The lowest BCUT2D eigenvalue weighted by atomic mass is 9.92. The van der Waals surface area contributed by atoms with E-state index in [0.717, 1.165) is 25.8 Å². The van der Waals surface area contributed by atoms with Crippen LogP contribution in [0, 0.1) is 5.92 Å². The third kappa shape index (κ3) is 5.05. The van der Waals surface area contributed by atoms with Crippen LogP contribution in [0.25, 0.3) is 0 Å². The van der Waals surface area contributed by atoms with E-state index < -0.39 is 49.8 Å². The molecule has 0 aromatic heterocycles. The molecule has 0 bridgehead atoms. The number of aliphatic hydroxyl groups is 2. The first-order chi connectivity index (χ1) is 14.1. The molecule has 0 aromatic rings. The van der Waals surface area contributed by atoms with E-state index in [2.05, 4.69) is 12.2 Å². The summed E-state index contributed by atoms with van der Waals surface area (Å²) in [5, 5.41) is 23.7. The van der Waals surface area contributed by atoms with Crippen LogP contribution in [0.5, 0.6) is 0 Å². The van der Waals surface area contributed by atoms with E-state index in [4.69, 9.17) is 13.8 Å². The molecule has 0 saturated carbocycles. The summed E-state index contributed by atoms with van der Waals surface area (Å²) in [6.07, 6.45) is -0.836. The van der Waals surface area contributed by atoms with Crippen LogP contribution in [0.4, 0.5) is 0 Å². The Labute approximate surface area is 181 Å². The van der Waals surface area contributed by atoms with Crippen molar-refractivity contribution in [1.82, 2.24) is 10.2 Å². The number of thioether (sulfide) groups is 1. The van der Waals surface area contributed by atoms with E-state index in [0.29, 0.717) is 5.92 Å². The molecule has 10 atom stereocenters. The Kier molecular flexibility index (Phi) is 7.91. The smallest absolute Gasteiger partial charge is 0.391 e. The van der Waals surface area contributed by atoms with Crippen molar-refractivity contribution in [2.45, 2.75) is 81.1 Å². The van der Waals surface area contributed by atoms with Gasteiger partial charge in [-0.05, 0) is 39.0 Å². The number of hydrogen-bond acceptors (Lipinski definition) is 9. The summed E-state index contributed by atoms with van der Waals surface area (Å²) in [6, 6.07) is -1.23. The van der Waals surface area contributed by atoms with E-state index in [1.165, 1.54) is 18.7 Å². The average molecular weight is 469 g/mol. The van der Waals surface area contributed by atoms with Crippen LogP contribution in [-0.2, 0) is 23.1 Å². The zero-order valence-corrected chi connectivity index (χ0v) is 19.4. The van der Waals surface area contributed by atoms with E-state index in [1.807, 2.05) is 11.9 Å². The molecule has 3 saturated heterocycles. The number of nitrogens with zero attached hydrogens (tertiary/aromatic N) is 1. The van der Waals surface area contributed by atoms with Gasteiger partial charge in [-0.3, -0.25) is 18.7 Å². The Morgan fingerprint density at radius 1 is 1.37 bits per heavy atom. The zero-order chi connectivity index (χ0) is 22.2. The van der Waals surface area contributed by atoms with Crippen molar-refractivity contribution in [1.29, 1.82) is 0 Å². The van der Waals surface area contributed by atoms with Gasteiger partial charge in [-0.1, -0.05) is 13.3 Å². The van der Waals surface area contributed by atoms with Crippen molar-refractivity contribution in [3.05, 3.63) is 0 Å². The minimum Gasteiger partial charge on any atom is -0.391 e. The second kappa shape index (κ2) is 9.72. The highest BCUT2D eigenvalue weighted by atomic mass is 32.2. The van der Waals surface area contributed by atoms with Crippen LogP contribution in [0.1, 0.15) is 33.1 Å². The molecule has 3 heterocycles. The van der Waals surface area contributed by atoms with Gasteiger partial charge in [-0.25, -0.2) is 4.57 Å². The van der Waals surface area contributed by atoms with E-state index in [9.17, 15) is 24.5 Å². The number of carbonyl (C=O) groups is 1. The summed E-state index contributed by atoms with van der Waals surface area (Å²) in [4.78, 5) is 24.8. The number of hydrogen-bond donors (Lipinski definition) is 4. The molecular weight excluding hydrogens is 435 g/mol. The fourth-order valence-corrected chi connectivity index (χ4v) is 6.50. The molecule has 1 amide bonds. The maximum Gasteiger partial charge on any atom is 0.473 e. The number of aliphatic hydroxyl groups excluding tert-OH is 2. The number of nitrogens with one attached hydrogen (secondary N) is 1. The topological polar surface area (TPSA) is 138 Å². The number of likely N-dealkylation sites (N-methyl/N-ethyl adjacent to an activating group) is 1. The molecule has 0 radical (unpaired) electrons. The molecule has 3 aliphatic rings. The third-order valence-electron chi connectivity index (χ3n) is 6.11. The Balaban J connectivity index is 1.78. The Morgan fingerprint density at radius 3 is 2.63 bits per heavy atom. The highest BCUT2D eigenvalue weighted by Gasteiger charge is 2.58. The summed E-state index contributed by atoms with van der Waals surface area (Å²) < 4.78 is 28.1. The maximum atomic E-state index is 13.0. The monoisotopic (exact) mass is 468 g/mol. The molecule has 174 valence electrons. The summed E-state index contributed by atoms with van der Waals surface area (Å²) in [5.74, 6) is 0.207. The molecule has 6 unspecified atom stereocenters. The number of rotatable bonds is 7. The molecule has 3 aliphatic heterocycles. The third-order valence-corrected chi connectivity index (χ3v) is 7.99. The highest BCUT2D eigenvalue weighted by Crippen LogP contribution is 2.56. The molecule has 0 aromatic carbocycles. The Morgan fingerprint density at radius 2 is 2.03 bits per heavy atom. The van der Waals surface area contributed by atoms with Crippen LogP contribution in [0.3, 0.4) is 0 Å². The van der Waals surface area contributed by atoms with Crippen LogP contribution >= 0.6 is 19.6 Å². The van der Waals surface area contributed by atoms with Gasteiger partial charge in [0.25, 0.3) is 0 Å². The molecule has 10 nitrogen and oxygen atoms in total. The second-order valence-corrected chi connectivity index (χ2v) is 10.7. The summed E-state index contributed by atoms with van der Waals surface area (Å²) in [7, 11) is -2.46. The Hall–Kier alpha value is -0.230. The molecule has 30 heavy (non-hydrogen) atoms. The van der Waals surface area contributed by atoms with E-state index in [1.54, 1.807) is 6.26 Å². The second-order valence-electron chi connectivity index (χ2n) is 8.42. The number of ether oxygens (including phenoxy) is 1. The number of likely N-dealkylation sites (tertiary alicyclic amines) is 1. The van der Waals surface area contributed by atoms with Crippen molar-refractivity contribution in [2.24, 2.45) is 5.92 Å². The minimum absolute atomic E-state index is 0.236. The largest absolute Gasteiger partial charge is 0.473 e. The summed E-state index contributed by atoms with van der Waals surface area (Å²) in [5.41, 5.74) is -0.765. The molecule has 4 N–H and O–H groups in total. The lowest BCUT2D eigenvalue weighted by molar-refractivity contribution is -0.175. The number of fused-ring (bicyclic) bond motifs is 1. The summed E-state index contributed by atoms with van der Waals surface area (Å²) >= 11 is 1.20. The first kappa shape index (κ1) is 24.4. The van der Waals surface area contributed by atoms with Crippen molar-refractivity contribution in [3.8, 4) is 0 Å². The number of phosphoric ester groups is 1. The molecule has 3 fully saturated rings. The molecule has 12 heteroatoms. The van der Waals surface area contributed by atoms with Gasteiger partial charge < -0.3 is 25.2 Å².